The van der Waals surface area contributed by atoms with Crippen molar-refractivity contribution in [3.05, 3.63) is 63.6 Å². The van der Waals surface area contributed by atoms with Crippen LogP contribution in [0.1, 0.15) is 40.5 Å². The Kier molecular flexibility index (Phi) is 8.36. The van der Waals surface area contributed by atoms with Crippen LogP contribution in [0.4, 0.5) is 4.79 Å². The molecular formula is C23H24Cl2N2O5. The molecule has 0 aromatic heterocycles. The number of halogens is 2. The Hall–Kier alpha value is -2.77. The molecule has 0 spiro atoms. The molecule has 1 N–H and O–H groups in total. The summed E-state index contributed by atoms with van der Waals surface area (Å²) in [5.74, 6) is 0.306. The normalized spacial score (nSPS) is 14.0. The van der Waals surface area contributed by atoms with Crippen LogP contribution in [0.3, 0.4) is 0 Å². The van der Waals surface area contributed by atoms with Crippen molar-refractivity contribution in [3.8, 4) is 5.75 Å². The number of benzene rings is 2. The van der Waals surface area contributed by atoms with Gasteiger partial charge in [-0.15, -0.1) is 0 Å². The first-order valence-corrected chi connectivity index (χ1v) is 11.1. The number of likely N-dealkylation sites (tertiary alicyclic amines) is 1. The predicted molar refractivity (Wildman–Crippen MR) is 122 cm³/mol. The van der Waals surface area contributed by atoms with Gasteiger partial charge < -0.3 is 19.7 Å². The first-order chi connectivity index (χ1) is 15.4. The van der Waals surface area contributed by atoms with Gasteiger partial charge in [-0.1, -0.05) is 23.2 Å². The minimum absolute atomic E-state index is 0.0730. The highest BCUT2D eigenvalue weighted by molar-refractivity contribution is 6.42. The Balaban J connectivity index is 1.44. The van der Waals surface area contributed by atoms with E-state index in [2.05, 4.69) is 5.32 Å². The van der Waals surface area contributed by atoms with E-state index in [1.165, 1.54) is 0 Å². The summed E-state index contributed by atoms with van der Waals surface area (Å²) in [5.41, 5.74) is 0.981. The first kappa shape index (κ1) is 23.9. The van der Waals surface area contributed by atoms with Crippen molar-refractivity contribution in [1.29, 1.82) is 0 Å². The van der Waals surface area contributed by atoms with Gasteiger partial charge in [0.15, 0.2) is 0 Å². The molecule has 2 amide bonds. The maximum absolute atomic E-state index is 12.7. The second-order valence-electron chi connectivity index (χ2n) is 7.38. The van der Waals surface area contributed by atoms with E-state index < -0.39 is 6.16 Å². The lowest BCUT2D eigenvalue weighted by molar-refractivity contribution is 0.0684. The van der Waals surface area contributed by atoms with E-state index in [4.69, 9.17) is 32.7 Å². The number of piperidine rings is 1. The van der Waals surface area contributed by atoms with Crippen LogP contribution in [-0.4, -0.2) is 49.1 Å². The Bertz CT molecular complexity index is 973. The summed E-state index contributed by atoms with van der Waals surface area (Å²) in [6, 6.07) is 11.1. The second-order valence-corrected chi connectivity index (χ2v) is 8.20. The molecule has 0 radical (unpaired) electrons. The van der Waals surface area contributed by atoms with E-state index in [0.717, 1.165) is 12.8 Å². The number of hydrogen-bond acceptors (Lipinski definition) is 5. The van der Waals surface area contributed by atoms with Gasteiger partial charge in [-0.2, -0.15) is 0 Å². The van der Waals surface area contributed by atoms with E-state index >= 15 is 0 Å². The maximum atomic E-state index is 12.7. The van der Waals surface area contributed by atoms with Crippen molar-refractivity contribution in [3.63, 3.8) is 0 Å². The largest absolute Gasteiger partial charge is 0.513 e. The summed E-state index contributed by atoms with van der Waals surface area (Å²) >= 11 is 11.9. The monoisotopic (exact) mass is 478 g/mol. The van der Waals surface area contributed by atoms with Crippen LogP contribution in [-0.2, 0) is 4.74 Å². The van der Waals surface area contributed by atoms with E-state index in [0.29, 0.717) is 46.6 Å². The van der Waals surface area contributed by atoms with E-state index in [9.17, 15) is 14.4 Å². The molecule has 1 aliphatic heterocycles. The fourth-order valence-corrected chi connectivity index (χ4v) is 3.71. The van der Waals surface area contributed by atoms with Crippen LogP contribution < -0.4 is 10.1 Å². The van der Waals surface area contributed by atoms with Gasteiger partial charge in [0.1, 0.15) is 5.75 Å². The van der Waals surface area contributed by atoms with E-state index in [1.807, 2.05) is 0 Å². The predicted octanol–water partition coefficient (Wildman–Crippen LogP) is 4.81. The Labute approximate surface area is 196 Å². The molecule has 3 rings (SSSR count). The minimum atomic E-state index is -0.784. The van der Waals surface area contributed by atoms with Crippen LogP contribution in [0.5, 0.6) is 5.75 Å². The summed E-state index contributed by atoms with van der Waals surface area (Å²) in [6.45, 7) is 3.65. The zero-order valence-electron chi connectivity index (χ0n) is 17.6. The Morgan fingerprint density at radius 1 is 1.00 bits per heavy atom. The van der Waals surface area contributed by atoms with Crippen molar-refractivity contribution in [2.45, 2.75) is 19.8 Å². The summed E-state index contributed by atoms with van der Waals surface area (Å²) in [6.07, 6.45) is 0.799. The number of amides is 2. The maximum Gasteiger partial charge on any atom is 0.513 e. The molecule has 32 heavy (non-hydrogen) atoms. The molecule has 0 bridgehead atoms. The average molecular weight is 479 g/mol. The summed E-state index contributed by atoms with van der Waals surface area (Å²) in [5, 5.41) is 3.70. The fraction of sp³-hybridized carbons (Fsp3) is 0.348. The number of nitrogens with one attached hydrogen (secondary N) is 1. The van der Waals surface area contributed by atoms with Gasteiger partial charge >= 0.3 is 6.16 Å². The second kappa shape index (κ2) is 11.2. The lowest BCUT2D eigenvalue weighted by Crippen LogP contribution is -2.41. The average Bonchev–Trinajstić information content (AvgIpc) is 2.80. The van der Waals surface area contributed by atoms with Crippen LogP contribution in [0.2, 0.25) is 10.0 Å². The van der Waals surface area contributed by atoms with Crippen molar-refractivity contribution < 1.29 is 23.9 Å². The van der Waals surface area contributed by atoms with Gasteiger partial charge in [0.2, 0.25) is 0 Å². The zero-order chi connectivity index (χ0) is 23.1. The van der Waals surface area contributed by atoms with E-state index in [1.54, 1.807) is 54.3 Å². The Morgan fingerprint density at radius 2 is 1.66 bits per heavy atom. The molecule has 1 saturated heterocycles. The summed E-state index contributed by atoms with van der Waals surface area (Å²) in [7, 11) is 0. The standard InChI is InChI=1S/C23H24Cl2N2O5/c1-2-31-23(30)32-18-6-3-16(4-7-18)21(28)26-14-15-9-11-27(12-10-15)22(29)17-5-8-19(24)20(25)13-17/h3-8,13,15H,2,9-12,14H2,1H3,(H,26,28). The van der Waals surface area contributed by atoms with E-state index in [-0.39, 0.29) is 24.3 Å². The number of nitrogens with zero attached hydrogens (tertiary/aromatic N) is 1. The molecular weight excluding hydrogens is 455 g/mol. The van der Waals surface area contributed by atoms with Crippen LogP contribution in [0.15, 0.2) is 42.5 Å². The van der Waals surface area contributed by atoms with Gasteiger partial charge in [0.25, 0.3) is 11.8 Å². The van der Waals surface area contributed by atoms with Crippen molar-refractivity contribution >= 4 is 41.2 Å². The SMILES string of the molecule is CCOC(=O)Oc1ccc(C(=O)NCC2CCN(C(=O)c3ccc(Cl)c(Cl)c3)CC2)cc1. The molecule has 2 aromatic carbocycles. The highest BCUT2D eigenvalue weighted by Crippen LogP contribution is 2.25. The lowest BCUT2D eigenvalue weighted by atomic mass is 9.96. The van der Waals surface area contributed by atoms with Gasteiger partial charge in [0.05, 0.1) is 16.7 Å². The molecule has 9 heteroatoms. The molecule has 7 nitrogen and oxygen atoms in total. The van der Waals surface area contributed by atoms with Crippen LogP contribution in [0, 0.1) is 5.92 Å². The quantitative estimate of drug-likeness (QED) is 0.475. The molecule has 1 aliphatic rings. The molecule has 0 unspecified atom stereocenters. The molecule has 0 atom stereocenters. The van der Waals surface area contributed by atoms with Gasteiger partial charge in [0, 0.05) is 30.8 Å². The molecule has 2 aromatic rings. The smallest absolute Gasteiger partial charge is 0.434 e. The number of carbonyl (C=O) groups excluding carboxylic acids is 3. The van der Waals surface area contributed by atoms with Gasteiger partial charge in [-0.3, -0.25) is 9.59 Å². The third-order valence-electron chi connectivity index (χ3n) is 5.20. The molecule has 170 valence electrons. The van der Waals surface area contributed by atoms with Crippen LogP contribution >= 0.6 is 23.2 Å². The summed E-state index contributed by atoms with van der Waals surface area (Å²) in [4.78, 5) is 38.2. The fourth-order valence-electron chi connectivity index (χ4n) is 3.41. The highest BCUT2D eigenvalue weighted by atomic mass is 35.5. The first-order valence-electron chi connectivity index (χ1n) is 10.3. The number of carbonyl (C=O) groups is 3. The minimum Gasteiger partial charge on any atom is -0.434 e. The Morgan fingerprint density at radius 3 is 2.28 bits per heavy atom. The topological polar surface area (TPSA) is 84.9 Å². The van der Waals surface area contributed by atoms with Crippen molar-refractivity contribution in [1.82, 2.24) is 10.2 Å². The molecule has 0 aliphatic carbocycles. The van der Waals surface area contributed by atoms with Crippen molar-refractivity contribution in [2.75, 3.05) is 26.2 Å². The lowest BCUT2D eigenvalue weighted by Gasteiger charge is -2.32. The van der Waals surface area contributed by atoms with Crippen LogP contribution in [0.25, 0.3) is 0 Å². The van der Waals surface area contributed by atoms with Gasteiger partial charge in [-0.05, 0) is 68.1 Å². The molecule has 0 saturated carbocycles. The number of hydrogen-bond donors (Lipinski definition) is 1. The number of ether oxygens (including phenoxy) is 2. The van der Waals surface area contributed by atoms with Crippen molar-refractivity contribution in [2.24, 2.45) is 5.92 Å². The zero-order valence-corrected chi connectivity index (χ0v) is 19.1. The highest BCUT2D eigenvalue weighted by Gasteiger charge is 2.24. The van der Waals surface area contributed by atoms with Gasteiger partial charge in [-0.25, -0.2) is 4.79 Å². The molecule has 1 heterocycles. The molecule has 1 fully saturated rings. The summed E-state index contributed by atoms with van der Waals surface area (Å²) < 4.78 is 9.69. The third kappa shape index (κ3) is 6.37. The number of rotatable bonds is 6. The third-order valence-corrected chi connectivity index (χ3v) is 5.94.